The fourth-order valence-electron chi connectivity index (χ4n) is 3.81. The Morgan fingerprint density at radius 2 is 1.88 bits per heavy atom. The first-order valence-corrected chi connectivity index (χ1v) is 9.11. The maximum Gasteiger partial charge on any atom is 0.231 e. The average molecular weight is 345 g/mol. The second-order valence-corrected chi connectivity index (χ2v) is 6.87. The number of benzene rings is 1. The van der Waals surface area contributed by atoms with E-state index in [4.69, 9.17) is 10.5 Å². The van der Waals surface area contributed by atoms with Gasteiger partial charge in [0.2, 0.25) is 11.8 Å². The van der Waals surface area contributed by atoms with E-state index in [0.29, 0.717) is 19.7 Å². The molecule has 1 aromatic rings. The van der Waals surface area contributed by atoms with Crippen LogP contribution in [-0.2, 0) is 14.3 Å². The van der Waals surface area contributed by atoms with Crippen LogP contribution in [0.4, 0.5) is 0 Å². The zero-order chi connectivity index (χ0) is 17.6. The maximum absolute atomic E-state index is 13.2. The number of nitrogens with zero attached hydrogens (tertiary/aromatic N) is 2. The molecule has 0 radical (unpaired) electrons. The molecule has 0 aromatic heterocycles. The number of ether oxygens (including phenoxy) is 1. The third-order valence-corrected chi connectivity index (χ3v) is 5.05. The van der Waals surface area contributed by atoms with Crippen molar-refractivity contribution in [1.29, 1.82) is 0 Å². The van der Waals surface area contributed by atoms with Crippen molar-refractivity contribution in [3.8, 4) is 0 Å². The molecule has 2 aliphatic rings. The smallest absolute Gasteiger partial charge is 0.231 e. The molecule has 2 aliphatic heterocycles. The van der Waals surface area contributed by atoms with Gasteiger partial charge in [-0.1, -0.05) is 30.3 Å². The third kappa shape index (κ3) is 4.58. The third-order valence-electron chi connectivity index (χ3n) is 5.05. The molecule has 136 valence electrons. The summed E-state index contributed by atoms with van der Waals surface area (Å²) in [6, 6.07) is 10.0. The predicted octanol–water partition coefficient (Wildman–Crippen LogP) is 1.17. The molecule has 2 fully saturated rings. The maximum atomic E-state index is 13.2. The van der Waals surface area contributed by atoms with Gasteiger partial charge < -0.3 is 15.4 Å². The van der Waals surface area contributed by atoms with Crippen molar-refractivity contribution in [2.24, 2.45) is 11.7 Å². The molecular weight excluding hydrogens is 318 g/mol. The highest BCUT2D eigenvalue weighted by Gasteiger charge is 2.36. The van der Waals surface area contributed by atoms with Crippen LogP contribution in [0.2, 0.25) is 0 Å². The van der Waals surface area contributed by atoms with Crippen LogP contribution in [-0.4, -0.2) is 60.9 Å². The van der Waals surface area contributed by atoms with Crippen molar-refractivity contribution in [3.63, 3.8) is 0 Å². The van der Waals surface area contributed by atoms with E-state index < -0.39 is 0 Å². The summed E-state index contributed by atoms with van der Waals surface area (Å²) in [5.74, 6) is -0.266. The zero-order valence-corrected chi connectivity index (χ0v) is 14.6. The Bertz CT molecular complexity index is 593. The lowest BCUT2D eigenvalue weighted by molar-refractivity contribution is -0.145. The molecule has 0 saturated carbocycles. The number of carbonyl (C=O) groups excluding carboxylic acids is 2. The first-order chi connectivity index (χ1) is 12.1. The second kappa shape index (κ2) is 8.45. The van der Waals surface area contributed by atoms with Gasteiger partial charge in [0, 0.05) is 32.8 Å². The van der Waals surface area contributed by atoms with Crippen LogP contribution in [0.5, 0.6) is 0 Å². The van der Waals surface area contributed by atoms with Gasteiger partial charge in [0.15, 0.2) is 0 Å². The molecule has 2 amide bonds. The van der Waals surface area contributed by atoms with Crippen LogP contribution in [0, 0.1) is 5.92 Å². The molecule has 2 saturated heterocycles. The monoisotopic (exact) mass is 345 g/mol. The van der Waals surface area contributed by atoms with E-state index in [-0.39, 0.29) is 30.4 Å². The Kier molecular flexibility index (Phi) is 6.04. The average Bonchev–Trinajstić information content (AvgIpc) is 2.87. The number of rotatable bonds is 4. The Labute approximate surface area is 148 Å². The Morgan fingerprint density at radius 3 is 2.64 bits per heavy atom. The van der Waals surface area contributed by atoms with Gasteiger partial charge in [0.05, 0.1) is 18.6 Å². The minimum Gasteiger partial charge on any atom is -0.373 e. The van der Waals surface area contributed by atoms with Crippen LogP contribution in [0.3, 0.4) is 0 Å². The topological polar surface area (TPSA) is 75.9 Å². The van der Waals surface area contributed by atoms with E-state index in [1.54, 1.807) is 0 Å². The van der Waals surface area contributed by atoms with Crippen molar-refractivity contribution >= 4 is 11.8 Å². The first kappa shape index (κ1) is 17.9. The lowest BCUT2D eigenvalue weighted by Gasteiger charge is -2.34. The summed E-state index contributed by atoms with van der Waals surface area (Å²) in [5.41, 5.74) is 6.37. The van der Waals surface area contributed by atoms with Crippen LogP contribution in [0.15, 0.2) is 30.3 Å². The molecule has 0 bridgehead atoms. The van der Waals surface area contributed by atoms with Gasteiger partial charge >= 0.3 is 0 Å². The van der Waals surface area contributed by atoms with Crippen molar-refractivity contribution in [3.05, 3.63) is 35.9 Å². The van der Waals surface area contributed by atoms with Gasteiger partial charge in [-0.2, -0.15) is 0 Å². The van der Waals surface area contributed by atoms with Crippen LogP contribution in [0.1, 0.15) is 30.9 Å². The summed E-state index contributed by atoms with van der Waals surface area (Å²) >= 11 is 0. The lowest BCUT2D eigenvalue weighted by atomic mass is 9.88. The summed E-state index contributed by atoms with van der Waals surface area (Å²) in [5, 5.41) is 0. The molecule has 0 unspecified atom stereocenters. The number of carbonyl (C=O) groups is 2. The normalized spacial score (nSPS) is 25.4. The fourth-order valence-corrected chi connectivity index (χ4v) is 3.81. The van der Waals surface area contributed by atoms with Gasteiger partial charge in [-0.25, -0.2) is 0 Å². The summed E-state index contributed by atoms with van der Waals surface area (Å²) in [7, 11) is 0. The van der Waals surface area contributed by atoms with E-state index in [2.05, 4.69) is 0 Å². The predicted molar refractivity (Wildman–Crippen MR) is 94.7 cm³/mol. The Morgan fingerprint density at radius 1 is 1.08 bits per heavy atom. The number of hydrogen-bond donors (Lipinski definition) is 1. The highest BCUT2D eigenvalue weighted by Crippen LogP contribution is 2.35. The SMILES string of the molecule is NC(=O)CN1CCCN(C(=O)[C@H]2CCCO[C@H]2c2ccccc2)CC1. The minimum absolute atomic E-state index is 0.126. The summed E-state index contributed by atoms with van der Waals surface area (Å²) in [6.07, 6.45) is 2.48. The number of primary amides is 1. The largest absolute Gasteiger partial charge is 0.373 e. The molecule has 6 heteroatoms. The number of amides is 2. The van der Waals surface area contributed by atoms with Gasteiger partial charge in [-0.15, -0.1) is 0 Å². The van der Waals surface area contributed by atoms with Crippen molar-refractivity contribution in [2.45, 2.75) is 25.4 Å². The molecular formula is C19H27N3O3. The molecule has 3 rings (SSSR count). The number of hydrogen-bond acceptors (Lipinski definition) is 4. The molecule has 0 aliphatic carbocycles. The molecule has 25 heavy (non-hydrogen) atoms. The molecule has 2 N–H and O–H groups in total. The summed E-state index contributed by atoms with van der Waals surface area (Å²) in [4.78, 5) is 28.3. The van der Waals surface area contributed by atoms with E-state index in [1.165, 1.54) is 0 Å². The van der Waals surface area contributed by atoms with E-state index in [0.717, 1.165) is 37.9 Å². The van der Waals surface area contributed by atoms with Gasteiger partial charge in [-0.3, -0.25) is 14.5 Å². The van der Waals surface area contributed by atoms with E-state index >= 15 is 0 Å². The summed E-state index contributed by atoms with van der Waals surface area (Å²) in [6.45, 7) is 3.83. The van der Waals surface area contributed by atoms with Crippen LogP contribution in [0.25, 0.3) is 0 Å². The standard InChI is InChI=1S/C19H27N3O3/c20-17(23)14-21-9-5-10-22(12-11-21)19(24)16-8-4-13-25-18(16)15-6-2-1-3-7-15/h1-3,6-7,16,18H,4-5,8-14H2,(H2,20,23)/t16-,18-/m0/s1. The minimum atomic E-state index is -0.315. The highest BCUT2D eigenvalue weighted by molar-refractivity contribution is 5.80. The van der Waals surface area contributed by atoms with E-state index in [9.17, 15) is 9.59 Å². The van der Waals surface area contributed by atoms with Crippen LogP contribution < -0.4 is 5.73 Å². The second-order valence-electron chi connectivity index (χ2n) is 6.87. The van der Waals surface area contributed by atoms with E-state index in [1.807, 2.05) is 40.1 Å². The Hall–Kier alpha value is -1.92. The first-order valence-electron chi connectivity index (χ1n) is 9.11. The lowest BCUT2D eigenvalue weighted by Crippen LogP contribution is -2.43. The highest BCUT2D eigenvalue weighted by atomic mass is 16.5. The summed E-state index contributed by atoms with van der Waals surface area (Å²) < 4.78 is 5.97. The molecule has 1 aromatic carbocycles. The number of nitrogens with two attached hydrogens (primary N) is 1. The Balaban J connectivity index is 1.67. The molecule has 2 heterocycles. The van der Waals surface area contributed by atoms with Crippen LogP contribution >= 0.6 is 0 Å². The van der Waals surface area contributed by atoms with Crippen molar-refractivity contribution < 1.29 is 14.3 Å². The van der Waals surface area contributed by atoms with Crippen molar-refractivity contribution in [2.75, 3.05) is 39.3 Å². The van der Waals surface area contributed by atoms with Gasteiger partial charge in [-0.05, 0) is 24.8 Å². The van der Waals surface area contributed by atoms with Gasteiger partial charge in [0.1, 0.15) is 0 Å². The van der Waals surface area contributed by atoms with Crippen molar-refractivity contribution in [1.82, 2.24) is 9.80 Å². The van der Waals surface area contributed by atoms with Gasteiger partial charge in [0.25, 0.3) is 0 Å². The fraction of sp³-hybridized carbons (Fsp3) is 0.579. The zero-order valence-electron chi connectivity index (χ0n) is 14.6. The molecule has 6 nitrogen and oxygen atoms in total. The molecule has 2 atom stereocenters. The molecule has 0 spiro atoms. The quantitative estimate of drug-likeness (QED) is 0.889.